The molecule has 1 aromatic carbocycles. The van der Waals surface area contributed by atoms with Gasteiger partial charge in [-0.25, -0.2) is 0 Å². The molecule has 0 amide bonds. The van der Waals surface area contributed by atoms with Crippen molar-refractivity contribution < 1.29 is 9.47 Å². The normalized spacial score (nSPS) is 20.3. The van der Waals surface area contributed by atoms with Gasteiger partial charge >= 0.3 is 0 Å². The molecular formula is C10H13NO2. The number of hydrogen-bond donors (Lipinski definition) is 1. The molecular weight excluding hydrogens is 166 g/mol. The zero-order valence-electron chi connectivity index (χ0n) is 7.62. The van der Waals surface area contributed by atoms with E-state index in [2.05, 4.69) is 0 Å². The SMILES string of the molecule is COc1cccc2c1C(N)CCO2. The average molecular weight is 179 g/mol. The lowest BCUT2D eigenvalue weighted by atomic mass is 10.0. The summed E-state index contributed by atoms with van der Waals surface area (Å²) in [5.74, 6) is 1.68. The van der Waals surface area contributed by atoms with E-state index >= 15 is 0 Å². The minimum Gasteiger partial charge on any atom is -0.496 e. The summed E-state index contributed by atoms with van der Waals surface area (Å²) in [6.45, 7) is 0.696. The first-order valence-electron chi connectivity index (χ1n) is 4.38. The van der Waals surface area contributed by atoms with Crippen LogP contribution in [0.2, 0.25) is 0 Å². The molecule has 0 aromatic heterocycles. The van der Waals surface area contributed by atoms with Crippen molar-refractivity contribution in [1.29, 1.82) is 0 Å². The summed E-state index contributed by atoms with van der Waals surface area (Å²) in [7, 11) is 1.65. The lowest BCUT2D eigenvalue weighted by Gasteiger charge is -2.24. The molecule has 1 atom stereocenters. The number of nitrogens with two attached hydrogens (primary N) is 1. The molecule has 70 valence electrons. The van der Waals surface area contributed by atoms with Crippen LogP contribution in [0.15, 0.2) is 18.2 Å². The van der Waals surface area contributed by atoms with Crippen molar-refractivity contribution in [3.05, 3.63) is 23.8 Å². The van der Waals surface area contributed by atoms with Gasteiger partial charge in [0.25, 0.3) is 0 Å². The summed E-state index contributed by atoms with van der Waals surface area (Å²) in [5, 5.41) is 0. The van der Waals surface area contributed by atoms with Crippen LogP contribution in [0.1, 0.15) is 18.0 Å². The number of hydrogen-bond acceptors (Lipinski definition) is 3. The Balaban J connectivity index is 2.50. The zero-order chi connectivity index (χ0) is 9.26. The fraction of sp³-hybridized carbons (Fsp3) is 0.400. The highest BCUT2D eigenvalue weighted by Gasteiger charge is 2.21. The van der Waals surface area contributed by atoms with E-state index in [0.29, 0.717) is 6.61 Å². The van der Waals surface area contributed by atoms with Gasteiger partial charge < -0.3 is 15.2 Å². The smallest absolute Gasteiger partial charge is 0.127 e. The van der Waals surface area contributed by atoms with Crippen LogP contribution in [0.25, 0.3) is 0 Å². The van der Waals surface area contributed by atoms with Crippen LogP contribution in [0.5, 0.6) is 11.5 Å². The van der Waals surface area contributed by atoms with Crippen molar-refractivity contribution in [2.24, 2.45) is 5.73 Å². The zero-order valence-corrected chi connectivity index (χ0v) is 7.62. The molecule has 0 bridgehead atoms. The number of methoxy groups -OCH3 is 1. The van der Waals surface area contributed by atoms with Crippen molar-refractivity contribution in [2.45, 2.75) is 12.5 Å². The molecule has 0 saturated carbocycles. The first-order valence-corrected chi connectivity index (χ1v) is 4.38. The molecule has 0 saturated heterocycles. The van der Waals surface area contributed by atoms with Crippen LogP contribution in [0, 0.1) is 0 Å². The fourth-order valence-electron chi connectivity index (χ4n) is 1.63. The maximum atomic E-state index is 5.96. The Labute approximate surface area is 77.5 Å². The fourth-order valence-corrected chi connectivity index (χ4v) is 1.63. The largest absolute Gasteiger partial charge is 0.496 e. The van der Waals surface area contributed by atoms with Crippen molar-refractivity contribution in [3.8, 4) is 11.5 Å². The highest BCUT2D eigenvalue weighted by atomic mass is 16.5. The van der Waals surface area contributed by atoms with Crippen LogP contribution >= 0.6 is 0 Å². The second kappa shape index (κ2) is 3.26. The van der Waals surface area contributed by atoms with Gasteiger partial charge in [-0.05, 0) is 12.1 Å². The van der Waals surface area contributed by atoms with Gasteiger partial charge in [0, 0.05) is 12.5 Å². The van der Waals surface area contributed by atoms with Crippen LogP contribution in [0.4, 0.5) is 0 Å². The summed E-state index contributed by atoms with van der Waals surface area (Å²) >= 11 is 0. The summed E-state index contributed by atoms with van der Waals surface area (Å²) < 4.78 is 10.7. The van der Waals surface area contributed by atoms with Gasteiger partial charge in [0.05, 0.1) is 19.3 Å². The summed E-state index contributed by atoms with van der Waals surface area (Å²) in [6.07, 6.45) is 0.855. The van der Waals surface area contributed by atoms with Gasteiger partial charge in [-0.3, -0.25) is 0 Å². The quantitative estimate of drug-likeness (QED) is 0.710. The summed E-state index contributed by atoms with van der Waals surface area (Å²) in [4.78, 5) is 0. The van der Waals surface area contributed by atoms with E-state index in [9.17, 15) is 0 Å². The van der Waals surface area contributed by atoms with Crippen LogP contribution in [-0.4, -0.2) is 13.7 Å². The minimum absolute atomic E-state index is 0.0416. The van der Waals surface area contributed by atoms with Crippen LogP contribution in [-0.2, 0) is 0 Å². The monoisotopic (exact) mass is 179 g/mol. The molecule has 0 aliphatic carbocycles. The third-order valence-corrected chi connectivity index (χ3v) is 2.30. The van der Waals surface area contributed by atoms with Crippen molar-refractivity contribution in [1.82, 2.24) is 0 Å². The highest BCUT2D eigenvalue weighted by Crippen LogP contribution is 2.37. The van der Waals surface area contributed by atoms with E-state index in [1.807, 2.05) is 18.2 Å². The molecule has 13 heavy (non-hydrogen) atoms. The number of rotatable bonds is 1. The van der Waals surface area contributed by atoms with Gasteiger partial charge in [-0.15, -0.1) is 0 Å². The molecule has 1 heterocycles. The van der Waals surface area contributed by atoms with E-state index in [1.54, 1.807) is 7.11 Å². The van der Waals surface area contributed by atoms with E-state index in [1.165, 1.54) is 0 Å². The molecule has 0 fully saturated rings. The Morgan fingerprint density at radius 1 is 1.54 bits per heavy atom. The first-order chi connectivity index (χ1) is 6.33. The van der Waals surface area contributed by atoms with Gasteiger partial charge in [0.1, 0.15) is 11.5 Å². The predicted molar refractivity (Wildman–Crippen MR) is 50.0 cm³/mol. The average Bonchev–Trinajstić information content (AvgIpc) is 2.17. The molecule has 1 aromatic rings. The standard InChI is InChI=1S/C10H13NO2/c1-12-8-3-2-4-9-10(8)7(11)5-6-13-9/h2-4,7H,5-6,11H2,1H3. The van der Waals surface area contributed by atoms with Gasteiger partial charge in [-0.1, -0.05) is 6.07 Å². The van der Waals surface area contributed by atoms with E-state index in [4.69, 9.17) is 15.2 Å². The molecule has 0 spiro atoms. The Kier molecular flexibility index (Phi) is 2.10. The summed E-state index contributed by atoms with van der Waals surface area (Å²) in [5.41, 5.74) is 6.96. The molecule has 2 rings (SSSR count). The Morgan fingerprint density at radius 2 is 2.38 bits per heavy atom. The third-order valence-electron chi connectivity index (χ3n) is 2.30. The van der Waals surface area contributed by atoms with Crippen LogP contribution in [0.3, 0.4) is 0 Å². The molecule has 1 aliphatic rings. The van der Waals surface area contributed by atoms with Crippen LogP contribution < -0.4 is 15.2 Å². The van der Waals surface area contributed by atoms with Crippen molar-refractivity contribution >= 4 is 0 Å². The Bertz CT molecular complexity index is 298. The lowest BCUT2D eigenvalue weighted by molar-refractivity contribution is 0.262. The second-order valence-corrected chi connectivity index (χ2v) is 3.12. The Morgan fingerprint density at radius 3 is 3.15 bits per heavy atom. The molecule has 2 N–H and O–H groups in total. The third kappa shape index (κ3) is 1.35. The number of benzene rings is 1. The second-order valence-electron chi connectivity index (χ2n) is 3.12. The number of ether oxygens (including phenoxy) is 2. The van der Waals surface area contributed by atoms with Gasteiger partial charge in [-0.2, -0.15) is 0 Å². The first kappa shape index (κ1) is 8.38. The lowest BCUT2D eigenvalue weighted by Crippen LogP contribution is -2.21. The molecule has 1 aliphatic heterocycles. The topological polar surface area (TPSA) is 44.5 Å². The number of fused-ring (bicyclic) bond motifs is 1. The summed E-state index contributed by atoms with van der Waals surface area (Å²) in [6, 6.07) is 5.79. The Hall–Kier alpha value is -1.22. The molecule has 3 nitrogen and oxygen atoms in total. The van der Waals surface area contributed by atoms with Gasteiger partial charge in [0.2, 0.25) is 0 Å². The maximum absolute atomic E-state index is 5.96. The van der Waals surface area contributed by atoms with E-state index in [0.717, 1.165) is 23.5 Å². The van der Waals surface area contributed by atoms with Crippen molar-refractivity contribution in [2.75, 3.05) is 13.7 Å². The molecule has 0 radical (unpaired) electrons. The van der Waals surface area contributed by atoms with Gasteiger partial charge in [0.15, 0.2) is 0 Å². The molecule has 1 unspecified atom stereocenters. The highest BCUT2D eigenvalue weighted by molar-refractivity contribution is 5.47. The maximum Gasteiger partial charge on any atom is 0.127 e. The van der Waals surface area contributed by atoms with Crippen molar-refractivity contribution in [3.63, 3.8) is 0 Å². The van der Waals surface area contributed by atoms with E-state index in [-0.39, 0.29) is 6.04 Å². The minimum atomic E-state index is 0.0416. The molecule has 3 heteroatoms. The predicted octanol–water partition coefficient (Wildman–Crippen LogP) is 1.48. The van der Waals surface area contributed by atoms with E-state index < -0.39 is 0 Å².